The van der Waals surface area contributed by atoms with Crippen LogP contribution in [0.3, 0.4) is 0 Å². The second-order valence-electron chi connectivity index (χ2n) is 9.37. The van der Waals surface area contributed by atoms with E-state index < -0.39 is 5.91 Å². The first-order chi connectivity index (χ1) is 19.4. The van der Waals surface area contributed by atoms with Gasteiger partial charge in [0.05, 0.1) is 10.9 Å². The summed E-state index contributed by atoms with van der Waals surface area (Å²) in [7, 11) is 0. The van der Waals surface area contributed by atoms with Gasteiger partial charge in [-0.3, -0.25) is 24.7 Å². The van der Waals surface area contributed by atoms with Crippen LogP contribution in [0.4, 0.5) is 9.52 Å². The molecule has 0 aliphatic heterocycles. The van der Waals surface area contributed by atoms with Gasteiger partial charge in [0.15, 0.2) is 4.34 Å². The molecule has 0 spiro atoms. The highest BCUT2D eigenvalue weighted by molar-refractivity contribution is 8.00. The third kappa shape index (κ3) is 5.68. The van der Waals surface area contributed by atoms with Crippen molar-refractivity contribution in [1.29, 1.82) is 5.41 Å². The Morgan fingerprint density at radius 1 is 1.12 bits per heavy atom. The van der Waals surface area contributed by atoms with E-state index in [1.54, 1.807) is 35.0 Å². The second-order valence-corrected chi connectivity index (χ2v) is 11.6. The molecule has 5 aromatic rings. The second kappa shape index (κ2) is 12.1. The Morgan fingerprint density at radius 3 is 2.75 bits per heavy atom. The number of unbranched alkanes of at least 4 members (excludes halogenated alkanes) is 3. The van der Waals surface area contributed by atoms with Gasteiger partial charge in [-0.25, -0.2) is 9.37 Å². The molecule has 4 heterocycles. The van der Waals surface area contributed by atoms with E-state index in [-0.39, 0.29) is 32.9 Å². The third-order valence-corrected chi connectivity index (χ3v) is 8.57. The van der Waals surface area contributed by atoms with Crippen LogP contribution in [0.5, 0.6) is 0 Å². The quantitative estimate of drug-likeness (QED) is 0.0972. The molecule has 12 heteroatoms. The van der Waals surface area contributed by atoms with Crippen LogP contribution in [-0.4, -0.2) is 30.1 Å². The number of aromatic nitrogens is 5. The molecular formula is C28H28FN7O2S2. The van der Waals surface area contributed by atoms with Crippen molar-refractivity contribution in [2.75, 3.05) is 5.32 Å². The Kier molecular flexibility index (Phi) is 8.36. The van der Waals surface area contributed by atoms with Gasteiger partial charge in [0.1, 0.15) is 22.6 Å². The van der Waals surface area contributed by atoms with Crippen LogP contribution in [0, 0.1) is 18.2 Å². The predicted octanol–water partition coefficient (Wildman–Crippen LogP) is 5.55. The van der Waals surface area contributed by atoms with Gasteiger partial charge in [-0.05, 0) is 42.7 Å². The number of nitrogens with one attached hydrogen (secondary N) is 2. The first kappa shape index (κ1) is 27.7. The average Bonchev–Trinajstić information content (AvgIpc) is 3.39. The molecule has 0 aliphatic carbocycles. The van der Waals surface area contributed by atoms with E-state index in [0.29, 0.717) is 33.5 Å². The van der Waals surface area contributed by atoms with Crippen molar-refractivity contribution < 1.29 is 9.18 Å². The summed E-state index contributed by atoms with van der Waals surface area (Å²) >= 11 is 2.48. The van der Waals surface area contributed by atoms with E-state index in [1.165, 1.54) is 28.3 Å². The van der Waals surface area contributed by atoms with E-state index in [1.807, 2.05) is 13.0 Å². The van der Waals surface area contributed by atoms with Crippen molar-refractivity contribution >= 4 is 50.8 Å². The number of rotatable bonds is 10. The number of pyridine rings is 2. The summed E-state index contributed by atoms with van der Waals surface area (Å²) in [5, 5.41) is 20.3. The Morgan fingerprint density at radius 2 is 1.95 bits per heavy atom. The van der Waals surface area contributed by atoms with Gasteiger partial charge in [0.2, 0.25) is 5.13 Å². The van der Waals surface area contributed by atoms with Crippen LogP contribution in [0.1, 0.15) is 54.1 Å². The van der Waals surface area contributed by atoms with Crippen molar-refractivity contribution in [1.82, 2.24) is 24.1 Å². The van der Waals surface area contributed by atoms with Crippen LogP contribution < -0.4 is 16.4 Å². The molecule has 0 bridgehead atoms. The van der Waals surface area contributed by atoms with E-state index in [2.05, 4.69) is 22.4 Å². The number of anilines is 1. The highest BCUT2D eigenvalue weighted by Crippen LogP contribution is 2.29. The fraction of sp³-hybridized carbons (Fsp3) is 0.286. The zero-order valence-corrected chi connectivity index (χ0v) is 23.7. The van der Waals surface area contributed by atoms with Crippen molar-refractivity contribution in [3.05, 3.63) is 87.0 Å². The van der Waals surface area contributed by atoms with Crippen molar-refractivity contribution in [2.24, 2.45) is 0 Å². The molecule has 1 aromatic carbocycles. The lowest BCUT2D eigenvalue weighted by molar-refractivity contribution is 0.102. The van der Waals surface area contributed by atoms with E-state index in [0.717, 1.165) is 42.6 Å². The summed E-state index contributed by atoms with van der Waals surface area (Å²) < 4.78 is 17.6. The van der Waals surface area contributed by atoms with E-state index in [9.17, 15) is 14.0 Å². The van der Waals surface area contributed by atoms with Crippen molar-refractivity contribution in [3.8, 4) is 0 Å². The molecule has 0 radical (unpaired) electrons. The van der Waals surface area contributed by atoms with Gasteiger partial charge < -0.3 is 4.57 Å². The highest BCUT2D eigenvalue weighted by atomic mass is 32.2. The van der Waals surface area contributed by atoms with Crippen molar-refractivity contribution in [2.45, 2.75) is 56.2 Å². The van der Waals surface area contributed by atoms with Crippen LogP contribution in [0.2, 0.25) is 0 Å². The lowest BCUT2D eigenvalue weighted by Gasteiger charge is -2.15. The fourth-order valence-corrected chi connectivity index (χ4v) is 6.16. The van der Waals surface area contributed by atoms with Crippen LogP contribution in [-0.2, 0) is 12.3 Å². The number of fused-ring (bicyclic) bond motifs is 2. The molecule has 0 saturated heterocycles. The molecule has 0 saturated carbocycles. The monoisotopic (exact) mass is 577 g/mol. The summed E-state index contributed by atoms with van der Waals surface area (Å²) in [4.78, 5) is 31.6. The number of nitrogens with zero attached hydrogens (tertiary/aromatic N) is 5. The lowest BCUT2D eigenvalue weighted by Crippen LogP contribution is -2.32. The molecule has 0 fully saturated rings. The minimum absolute atomic E-state index is 0.0231. The zero-order chi connectivity index (χ0) is 28.2. The molecule has 2 N–H and O–H groups in total. The number of thioether (sulfide) groups is 1. The minimum Gasteiger partial charge on any atom is -0.310 e. The van der Waals surface area contributed by atoms with Gasteiger partial charge >= 0.3 is 0 Å². The summed E-state index contributed by atoms with van der Waals surface area (Å²) in [5.41, 5.74) is 2.02. The maximum Gasteiger partial charge on any atom is 0.267 e. The van der Waals surface area contributed by atoms with Crippen molar-refractivity contribution in [3.63, 3.8) is 0 Å². The summed E-state index contributed by atoms with van der Waals surface area (Å²) in [6, 6.07) is 11.6. The largest absolute Gasteiger partial charge is 0.310 e. The van der Waals surface area contributed by atoms with Gasteiger partial charge in [-0.1, -0.05) is 73.6 Å². The zero-order valence-electron chi connectivity index (χ0n) is 22.1. The van der Waals surface area contributed by atoms with Gasteiger partial charge in [-0.15, -0.1) is 10.2 Å². The highest BCUT2D eigenvalue weighted by Gasteiger charge is 2.19. The summed E-state index contributed by atoms with van der Waals surface area (Å²) in [6.07, 6.45) is 5.52. The SMILES string of the molecule is CCCCCCn1c(=N)c(C(=O)Nc2nnc(SCc3ccccc3F)s2)cc2c(=O)n3cccc(C)c3nc21. The molecule has 1 amide bonds. The number of hydrogen-bond donors (Lipinski definition) is 2. The topological polar surface area (TPSA) is 118 Å². The summed E-state index contributed by atoms with van der Waals surface area (Å²) in [5.74, 6) is -0.479. The number of aryl methyl sites for hydroxylation is 2. The number of amides is 1. The number of carbonyl (C=O) groups excluding carboxylic acids is 1. The predicted molar refractivity (Wildman–Crippen MR) is 156 cm³/mol. The normalized spacial score (nSPS) is 11.4. The molecule has 40 heavy (non-hydrogen) atoms. The average molecular weight is 578 g/mol. The standard InChI is InChI=1S/C28H28FN7O2S2/c1-3-4-5-8-13-35-22(30)19(15-20-24(35)31-23-17(2)10-9-14-36(23)26(20)38)25(37)32-27-33-34-28(40-27)39-16-18-11-6-7-12-21(18)29/h6-7,9-12,14-15,30H,3-5,8,13,16H2,1-2H3,(H,32,33,37). The number of carbonyl (C=O) groups is 1. The van der Waals surface area contributed by atoms with Gasteiger partial charge in [0, 0.05) is 18.5 Å². The van der Waals surface area contributed by atoms with E-state index in [4.69, 9.17) is 10.4 Å². The third-order valence-electron chi connectivity index (χ3n) is 6.55. The van der Waals surface area contributed by atoms with Crippen LogP contribution in [0.25, 0.3) is 16.7 Å². The Hall–Kier alpha value is -3.90. The maximum absolute atomic E-state index is 13.9. The Labute approximate surface area is 237 Å². The number of halogens is 1. The molecule has 0 atom stereocenters. The van der Waals surface area contributed by atoms with Gasteiger partial charge in [-0.2, -0.15) is 0 Å². The first-order valence-electron chi connectivity index (χ1n) is 13.0. The fourth-order valence-electron chi connectivity index (χ4n) is 4.42. The molecule has 4 aromatic heterocycles. The summed E-state index contributed by atoms with van der Waals surface area (Å²) in [6.45, 7) is 4.46. The Balaban J connectivity index is 1.47. The number of benzene rings is 1. The minimum atomic E-state index is -0.565. The molecule has 9 nitrogen and oxygen atoms in total. The lowest BCUT2D eigenvalue weighted by atomic mass is 10.1. The van der Waals surface area contributed by atoms with Gasteiger partial charge in [0.25, 0.3) is 11.5 Å². The molecule has 0 aliphatic rings. The van der Waals surface area contributed by atoms with Crippen LogP contribution >= 0.6 is 23.1 Å². The number of hydrogen-bond acceptors (Lipinski definition) is 8. The molecular weight excluding hydrogens is 549 g/mol. The Bertz CT molecular complexity index is 1830. The molecule has 0 unspecified atom stereocenters. The first-order valence-corrected chi connectivity index (χ1v) is 14.8. The smallest absolute Gasteiger partial charge is 0.267 e. The molecule has 5 rings (SSSR count). The van der Waals surface area contributed by atoms with Crippen LogP contribution in [0.15, 0.2) is 57.8 Å². The molecule has 206 valence electrons. The maximum atomic E-state index is 13.9. The van der Waals surface area contributed by atoms with E-state index >= 15 is 0 Å².